The predicted octanol–water partition coefficient (Wildman–Crippen LogP) is 5.01. The highest BCUT2D eigenvalue weighted by Crippen LogP contribution is 2.31. The first-order valence-corrected chi connectivity index (χ1v) is 7.89. The molecule has 0 aliphatic rings. The van der Waals surface area contributed by atoms with Gasteiger partial charge in [-0.2, -0.15) is 0 Å². The van der Waals surface area contributed by atoms with E-state index in [1.807, 2.05) is 24.3 Å². The predicted molar refractivity (Wildman–Crippen MR) is 93.6 cm³/mol. The Kier molecular flexibility index (Phi) is 4.61. The number of rotatable bonds is 2. The van der Waals surface area contributed by atoms with E-state index in [1.165, 1.54) is 5.56 Å². The van der Waals surface area contributed by atoms with Crippen molar-refractivity contribution in [1.82, 2.24) is 0 Å². The molecule has 116 valence electrons. The van der Waals surface area contributed by atoms with Crippen LogP contribution in [0.5, 0.6) is 5.75 Å². The van der Waals surface area contributed by atoms with Crippen LogP contribution in [0.4, 0.5) is 5.69 Å². The van der Waals surface area contributed by atoms with Crippen LogP contribution in [0.15, 0.2) is 40.9 Å². The van der Waals surface area contributed by atoms with E-state index < -0.39 is 0 Å². The van der Waals surface area contributed by atoms with Crippen molar-refractivity contribution >= 4 is 27.5 Å². The van der Waals surface area contributed by atoms with Crippen LogP contribution in [-0.2, 0) is 5.41 Å². The number of halogens is 1. The summed E-state index contributed by atoms with van der Waals surface area (Å²) in [7, 11) is 0. The first kappa shape index (κ1) is 16.6. The van der Waals surface area contributed by atoms with Crippen molar-refractivity contribution in [3.8, 4) is 5.75 Å². The minimum Gasteiger partial charge on any atom is -0.506 e. The van der Waals surface area contributed by atoms with Crippen molar-refractivity contribution in [2.24, 2.45) is 0 Å². The van der Waals surface area contributed by atoms with Gasteiger partial charge in [0.05, 0.1) is 4.47 Å². The second-order valence-corrected chi connectivity index (χ2v) is 7.26. The Morgan fingerprint density at radius 1 is 1.14 bits per heavy atom. The second-order valence-electron chi connectivity index (χ2n) is 6.41. The smallest absolute Gasteiger partial charge is 0.255 e. The number of carbonyl (C=O) groups is 1. The molecule has 22 heavy (non-hydrogen) atoms. The molecule has 2 N–H and O–H groups in total. The number of hydrogen-bond donors (Lipinski definition) is 2. The zero-order chi connectivity index (χ0) is 16.5. The van der Waals surface area contributed by atoms with Crippen LogP contribution in [0.2, 0.25) is 0 Å². The molecular weight excluding hydrogens is 342 g/mol. The van der Waals surface area contributed by atoms with Gasteiger partial charge in [-0.3, -0.25) is 4.79 Å². The molecule has 2 aromatic rings. The molecule has 0 heterocycles. The molecule has 0 unspecified atom stereocenters. The molecule has 0 fully saturated rings. The van der Waals surface area contributed by atoms with Crippen molar-refractivity contribution in [3.05, 3.63) is 57.6 Å². The molecular formula is C18H20BrNO2. The highest BCUT2D eigenvalue weighted by Gasteiger charge is 2.14. The van der Waals surface area contributed by atoms with Crippen LogP contribution in [-0.4, -0.2) is 11.0 Å². The van der Waals surface area contributed by atoms with Gasteiger partial charge in [0.15, 0.2) is 0 Å². The summed E-state index contributed by atoms with van der Waals surface area (Å²) in [6, 6.07) is 11.0. The summed E-state index contributed by atoms with van der Waals surface area (Å²) in [6.45, 7) is 8.20. The van der Waals surface area contributed by atoms with Gasteiger partial charge in [0.2, 0.25) is 0 Å². The SMILES string of the molecule is Cc1cc(NC(=O)c2ccc(C(C)(C)C)cc2)cc(Br)c1O. The standard InChI is InChI=1S/C18H20BrNO2/c1-11-9-14(10-15(19)16(11)21)20-17(22)12-5-7-13(8-6-12)18(2,3)4/h5-10,21H,1-4H3,(H,20,22). The number of phenolic OH excluding ortho intramolecular Hbond substituents is 1. The topological polar surface area (TPSA) is 49.3 Å². The Bertz CT molecular complexity index is 677. The van der Waals surface area contributed by atoms with E-state index >= 15 is 0 Å². The van der Waals surface area contributed by atoms with E-state index in [-0.39, 0.29) is 17.1 Å². The largest absolute Gasteiger partial charge is 0.506 e. The lowest BCUT2D eigenvalue weighted by Gasteiger charge is -2.19. The first-order chi connectivity index (χ1) is 10.2. The van der Waals surface area contributed by atoms with Gasteiger partial charge in [0, 0.05) is 11.3 Å². The van der Waals surface area contributed by atoms with E-state index in [2.05, 4.69) is 42.0 Å². The number of benzene rings is 2. The lowest BCUT2D eigenvalue weighted by atomic mass is 9.87. The molecule has 0 bridgehead atoms. The van der Waals surface area contributed by atoms with Crippen LogP contribution in [0.1, 0.15) is 42.3 Å². The highest BCUT2D eigenvalue weighted by atomic mass is 79.9. The van der Waals surface area contributed by atoms with Crippen LogP contribution in [0, 0.1) is 6.92 Å². The van der Waals surface area contributed by atoms with Crippen LogP contribution in [0.3, 0.4) is 0 Å². The zero-order valence-electron chi connectivity index (χ0n) is 13.2. The number of hydrogen-bond acceptors (Lipinski definition) is 2. The summed E-state index contributed by atoms with van der Waals surface area (Å²) in [5.41, 5.74) is 3.20. The van der Waals surface area contributed by atoms with Gasteiger partial charge in [0.25, 0.3) is 5.91 Å². The van der Waals surface area contributed by atoms with Gasteiger partial charge in [0.1, 0.15) is 5.75 Å². The molecule has 0 aliphatic heterocycles. The number of phenols is 1. The van der Waals surface area contributed by atoms with E-state index in [9.17, 15) is 9.90 Å². The van der Waals surface area contributed by atoms with E-state index in [0.717, 1.165) is 0 Å². The van der Waals surface area contributed by atoms with E-state index in [0.29, 0.717) is 21.3 Å². The Morgan fingerprint density at radius 3 is 2.23 bits per heavy atom. The lowest BCUT2D eigenvalue weighted by molar-refractivity contribution is 0.102. The first-order valence-electron chi connectivity index (χ1n) is 7.09. The normalized spacial score (nSPS) is 11.3. The molecule has 0 saturated heterocycles. The third-order valence-corrected chi connectivity index (χ3v) is 4.13. The minimum atomic E-state index is -0.169. The van der Waals surface area contributed by atoms with Gasteiger partial charge in [-0.15, -0.1) is 0 Å². The van der Waals surface area contributed by atoms with Crippen molar-refractivity contribution in [2.45, 2.75) is 33.1 Å². The second kappa shape index (κ2) is 6.13. The Morgan fingerprint density at radius 2 is 1.73 bits per heavy atom. The molecule has 0 radical (unpaired) electrons. The molecule has 0 atom stereocenters. The lowest BCUT2D eigenvalue weighted by Crippen LogP contribution is -2.14. The van der Waals surface area contributed by atoms with Crippen molar-refractivity contribution in [2.75, 3.05) is 5.32 Å². The maximum Gasteiger partial charge on any atom is 0.255 e. The molecule has 1 amide bonds. The van der Waals surface area contributed by atoms with Crippen LogP contribution >= 0.6 is 15.9 Å². The number of aromatic hydroxyl groups is 1. The van der Waals surface area contributed by atoms with Crippen LogP contribution in [0.25, 0.3) is 0 Å². The van der Waals surface area contributed by atoms with Crippen molar-refractivity contribution in [3.63, 3.8) is 0 Å². The number of carbonyl (C=O) groups excluding carboxylic acids is 1. The van der Waals surface area contributed by atoms with E-state index in [1.54, 1.807) is 19.1 Å². The number of aryl methyl sites for hydroxylation is 1. The minimum absolute atomic E-state index is 0.0634. The third kappa shape index (κ3) is 3.69. The summed E-state index contributed by atoms with van der Waals surface area (Å²) in [4.78, 5) is 12.3. The quantitative estimate of drug-likeness (QED) is 0.738. The molecule has 0 aliphatic carbocycles. The van der Waals surface area contributed by atoms with Gasteiger partial charge < -0.3 is 10.4 Å². The Hall–Kier alpha value is -1.81. The fraction of sp³-hybridized carbons (Fsp3) is 0.278. The Balaban J connectivity index is 2.19. The van der Waals surface area contributed by atoms with Gasteiger partial charge in [-0.05, 0) is 63.7 Å². The monoisotopic (exact) mass is 361 g/mol. The fourth-order valence-corrected chi connectivity index (χ4v) is 2.69. The molecule has 0 spiro atoms. The van der Waals surface area contributed by atoms with Gasteiger partial charge in [-0.1, -0.05) is 32.9 Å². The van der Waals surface area contributed by atoms with Gasteiger partial charge >= 0.3 is 0 Å². The average Bonchev–Trinajstić information content (AvgIpc) is 2.44. The highest BCUT2D eigenvalue weighted by molar-refractivity contribution is 9.10. The molecule has 0 saturated carbocycles. The summed E-state index contributed by atoms with van der Waals surface area (Å²) >= 11 is 3.27. The maximum absolute atomic E-state index is 12.3. The fourth-order valence-electron chi connectivity index (χ4n) is 2.13. The number of nitrogens with one attached hydrogen (secondary N) is 1. The third-order valence-electron chi connectivity index (χ3n) is 3.52. The average molecular weight is 362 g/mol. The Labute approximate surface area is 139 Å². The molecule has 2 rings (SSSR count). The number of amides is 1. The molecule has 2 aromatic carbocycles. The van der Waals surface area contributed by atoms with E-state index in [4.69, 9.17) is 0 Å². The van der Waals surface area contributed by atoms with Crippen molar-refractivity contribution < 1.29 is 9.90 Å². The number of anilines is 1. The summed E-state index contributed by atoms with van der Waals surface area (Å²) < 4.78 is 0.561. The summed E-state index contributed by atoms with van der Waals surface area (Å²) in [6.07, 6.45) is 0. The summed E-state index contributed by atoms with van der Waals surface area (Å²) in [5, 5.41) is 12.6. The maximum atomic E-state index is 12.3. The van der Waals surface area contributed by atoms with Crippen molar-refractivity contribution in [1.29, 1.82) is 0 Å². The zero-order valence-corrected chi connectivity index (χ0v) is 14.8. The molecule has 3 nitrogen and oxygen atoms in total. The van der Waals surface area contributed by atoms with Gasteiger partial charge in [-0.25, -0.2) is 0 Å². The molecule has 0 aromatic heterocycles. The van der Waals surface area contributed by atoms with Crippen LogP contribution < -0.4 is 5.32 Å². The molecule has 4 heteroatoms. The summed E-state index contributed by atoms with van der Waals surface area (Å²) in [5.74, 6) is 0.0185.